The molecule has 0 aliphatic carbocycles. The number of rotatable bonds is 24. The number of hydrogen-bond acceptors (Lipinski definition) is 3. The van der Waals surface area contributed by atoms with Crippen LogP contribution in [0.3, 0.4) is 0 Å². The molecule has 41 heavy (non-hydrogen) atoms. The van der Waals surface area contributed by atoms with Gasteiger partial charge in [-0.1, -0.05) is 172 Å². The second kappa shape index (κ2) is 23.8. The first kappa shape index (κ1) is 38.4. The standard InChI is InChI=1S/C36H58O3S.Na/c1-3-5-7-9-11-13-15-17-19-22-28-33-30-31-35(32-26-23-21-24-27-32)36(40(37,38)39)34(33)29-25-20-18-16-14-12-10-8-6-4-2;/h21,23-24,26-27,30-31H,3-20,22,25,28-29H2,1-2H3,(H,37,38,39);/q;+1/p-1. The molecule has 5 heteroatoms. The minimum Gasteiger partial charge on any atom is -0.744 e. The van der Waals surface area contributed by atoms with Crippen LogP contribution in [0, 0.1) is 0 Å². The fourth-order valence-electron chi connectivity index (χ4n) is 5.90. The van der Waals surface area contributed by atoms with Crippen LogP contribution in [0.4, 0.5) is 0 Å². The summed E-state index contributed by atoms with van der Waals surface area (Å²) in [4.78, 5) is 0.0270. The average Bonchev–Trinajstić information content (AvgIpc) is 2.95. The Morgan fingerprint density at radius 2 is 0.951 bits per heavy atom. The molecule has 0 heterocycles. The molecule has 0 saturated carbocycles. The molecule has 2 aromatic rings. The van der Waals surface area contributed by atoms with E-state index in [4.69, 9.17) is 0 Å². The Morgan fingerprint density at radius 1 is 0.537 bits per heavy atom. The van der Waals surface area contributed by atoms with E-state index < -0.39 is 10.1 Å². The van der Waals surface area contributed by atoms with Crippen LogP contribution in [0.2, 0.25) is 0 Å². The molecular weight excluding hydrogens is 535 g/mol. The van der Waals surface area contributed by atoms with Crippen molar-refractivity contribution in [3.8, 4) is 11.1 Å². The summed E-state index contributed by atoms with van der Waals surface area (Å²) in [7, 11) is -4.60. The molecule has 0 bridgehead atoms. The van der Waals surface area contributed by atoms with Gasteiger partial charge in [0.15, 0.2) is 0 Å². The van der Waals surface area contributed by atoms with Crippen LogP contribution in [0.15, 0.2) is 47.4 Å². The zero-order chi connectivity index (χ0) is 28.9. The van der Waals surface area contributed by atoms with Gasteiger partial charge in [-0.3, -0.25) is 0 Å². The van der Waals surface area contributed by atoms with Gasteiger partial charge < -0.3 is 4.55 Å². The van der Waals surface area contributed by atoms with Crippen molar-refractivity contribution >= 4 is 10.1 Å². The van der Waals surface area contributed by atoms with Crippen LogP contribution in [-0.2, 0) is 23.0 Å². The van der Waals surface area contributed by atoms with Gasteiger partial charge in [0.05, 0.1) is 4.90 Å². The van der Waals surface area contributed by atoms with Gasteiger partial charge in [-0.05, 0) is 47.9 Å². The summed E-state index contributed by atoms with van der Waals surface area (Å²) in [5, 5.41) is 0. The van der Waals surface area contributed by atoms with E-state index in [0.717, 1.165) is 48.8 Å². The van der Waals surface area contributed by atoms with Crippen molar-refractivity contribution < 1.29 is 42.5 Å². The van der Waals surface area contributed by atoms with Gasteiger partial charge in [0.25, 0.3) is 0 Å². The molecule has 0 aliphatic heterocycles. The van der Waals surface area contributed by atoms with Gasteiger partial charge in [-0.2, -0.15) is 0 Å². The second-order valence-corrected chi connectivity index (χ2v) is 13.1. The predicted molar refractivity (Wildman–Crippen MR) is 171 cm³/mol. The Balaban J connectivity index is 0.00000840. The Bertz CT molecular complexity index is 1020. The third-order valence-corrected chi connectivity index (χ3v) is 9.24. The van der Waals surface area contributed by atoms with E-state index in [-0.39, 0.29) is 34.5 Å². The van der Waals surface area contributed by atoms with Crippen molar-refractivity contribution in [1.82, 2.24) is 0 Å². The molecule has 0 aliphatic rings. The van der Waals surface area contributed by atoms with Crippen LogP contribution in [0.25, 0.3) is 11.1 Å². The normalized spacial score (nSPS) is 11.5. The molecule has 3 nitrogen and oxygen atoms in total. The first-order valence-electron chi connectivity index (χ1n) is 16.6. The van der Waals surface area contributed by atoms with Crippen molar-refractivity contribution in [1.29, 1.82) is 0 Å². The number of unbranched alkanes of at least 4 members (excludes halogenated alkanes) is 18. The molecule has 0 fully saturated rings. The SMILES string of the molecule is CCCCCCCCCCCCc1ccc(-c2ccccc2)c(S(=O)(=O)[O-])c1CCCCCCCCCCCC.[Na+]. The smallest absolute Gasteiger partial charge is 0.744 e. The molecule has 0 radical (unpaired) electrons. The summed E-state index contributed by atoms with van der Waals surface area (Å²) in [6.45, 7) is 4.51. The monoisotopic (exact) mass is 592 g/mol. The van der Waals surface area contributed by atoms with Crippen LogP contribution in [0.1, 0.15) is 153 Å². The van der Waals surface area contributed by atoms with E-state index in [1.165, 1.54) is 103 Å². The largest absolute Gasteiger partial charge is 1.00 e. The van der Waals surface area contributed by atoms with E-state index in [1.54, 1.807) is 0 Å². The summed E-state index contributed by atoms with van der Waals surface area (Å²) in [5.74, 6) is 0. The number of aryl methyl sites for hydroxylation is 1. The van der Waals surface area contributed by atoms with Crippen molar-refractivity contribution in [2.45, 2.75) is 160 Å². The molecule has 226 valence electrons. The predicted octanol–water partition coefficient (Wildman–Crippen LogP) is 8.19. The maximum Gasteiger partial charge on any atom is 1.00 e. The molecule has 0 N–H and O–H groups in total. The summed E-state index contributed by atoms with van der Waals surface area (Å²) in [6.07, 6.45) is 26.6. The Kier molecular flexibility index (Phi) is 22.2. The molecule has 2 rings (SSSR count). The third-order valence-electron chi connectivity index (χ3n) is 8.27. The van der Waals surface area contributed by atoms with Crippen molar-refractivity contribution in [2.75, 3.05) is 0 Å². The van der Waals surface area contributed by atoms with Crippen molar-refractivity contribution in [3.63, 3.8) is 0 Å². The van der Waals surface area contributed by atoms with Gasteiger partial charge in [0, 0.05) is 0 Å². The van der Waals surface area contributed by atoms with Crippen LogP contribution >= 0.6 is 0 Å². The van der Waals surface area contributed by atoms with Crippen LogP contribution < -0.4 is 29.6 Å². The fourth-order valence-corrected chi connectivity index (χ4v) is 6.89. The van der Waals surface area contributed by atoms with Crippen LogP contribution in [0.5, 0.6) is 0 Å². The molecule has 0 amide bonds. The van der Waals surface area contributed by atoms with E-state index in [2.05, 4.69) is 19.9 Å². The number of benzene rings is 2. The Labute approximate surface area is 275 Å². The molecule has 0 aromatic heterocycles. The number of hydrogen-bond donors (Lipinski definition) is 0. The molecule has 0 spiro atoms. The maximum atomic E-state index is 12.7. The van der Waals surface area contributed by atoms with Gasteiger partial charge in [0.2, 0.25) is 0 Å². The van der Waals surface area contributed by atoms with E-state index in [0.29, 0.717) is 12.0 Å². The minimum absolute atomic E-state index is 0. The van der Waals surface area contributed by atoms with Crippen molar-refractivity contribution in [2.24, 2.45) is 0 Å². The molecule has 0 unspecified atom stereocenters. The van der Waals surface area contributed by atoms with E-state index in [9.17, 15) is 13.0 Å². The second-order valence-electron chi connectivity index (χ2n) is 11.8. The summed E-state index contributed by atoms with van der Waals surface area (Å²) < 4.78 is 38.0. The topological polar surface area (TPSA) is 57.2 Å². The van der Waals surface area contributed by atoms with Gasteiger partial charge in [0.1, 0.15) is 10.1 Å². The van der Waals surface area contributed by atoms with Gasteiger partial charge in [-0.15, -0.1) is 0 Å². The molecular formula is C36H57NaO3S. The molecule has 2 aromatic carbocycles. The zero-order valence-electron chi connectivity index (χ0n) is 26.7. The minimum atomic E-state index is -4.60. The zero-order valence-corrected chi connectivity index (χ0v) is 29.5. The quantitative estimate of drug-likeness (QED) is 0.0702. The van der Waals surface area contributed by atoms with Gasteiger partial charge in [-0.25, -0.2) is 8.42 Å². The summed E-state index contributed by atoms with van der Waals surface area (Å²) in [5.41, 5.74) is 3.20. The average molecular weight is 593 g/mol. The summed E-state index contributed by atoms with van der Waals surface area (Å²) in [6, 6.07) is 13.5. The summed E-state index contributed by atoms with van der Waals surface area (Å²) >= 11 is 0. The van der Waals surface area contributed by atoms with Crippen molar-refractivity contribution in [3.05, 3.63) is 53.6 Å². The third kappa shape index (κ3) is 16.1. The molecule has 0 saturated heterocycles. The fraction of sp³-hybridized carbons (Fsp3) is 0.667. The first-order chi connectivity index (χ1) is 19.5. The Hall–Kier alpha value is -0.650. The van der Waals surface area contributed by atoms with E-state index in [1.807, 2.05) is 36.4 Å². The van der Waals surface area contributed by atoms with E-state index >= 15 is 0 Å². The first-order valence-corrected chi connectivity index (χ1v) is 18.1. The maximum absolute atomic E-state index is 12.7. The Morgan fingerprint density at radius 3 is 1.39 bits per heavy atom. The van der Waals surface area contributed by atoms with Gasteiger partial charge >= 0.3 is 29.6 Å². The van der Waals surface area contributed by atoms with Crippen LogP contribution in [-0.4, -0.2) is 13.0 Å². The molecule has 0 atom stereocenters.